The molecule has 1 aromatic carbocycles. The smallest absolute Gasteiger partial charge is 0.335 e. The largest absolute Gasteiger partial charge is 0.478 e. The highest BCUT2D eigenvalue weighted by Crippen LogP contribution is 2.20. The highest BCUT2D eigenvalue weighted by molar-refractivity contribution is 6.33. The molecule has 1 aromatic rings. The van der Waals surface area contributed by atoms with Crippen LogP contribution in [0.2, 0.25) is 5.02 Å². The van der Waals surface area contributed by atoms with E-state index in [1.807, 2.05) is 0 Å². The van der Waals surface area contributed by atoms with Crippen LogP contribution < -0.4 is 0 Å². The maximum absolute atomic E-state index is 10.6. The molecule has 0 aliphatic carbocycles. The lowest BCUT2D eigenvalue weighted by Crippen LogP contribution is -1.98. The minimum Gasteiger partial charge on any atom is -0.478 e. The number of hydrogen-bond acceptors (Lipinski definition) is 2. The van der Waals surface area contributed by atoms with Gasteiger partial charge in [0.1, 0.15) is 0 Å². The lowest BCUT2D eigenvalue weighted by atomic mass is 10.1. The molecule has 0 aromatic heterocycles. The third-order valence-electron chi connectivity index (χ3n) is 1.73. The van der Waals surface area contributed by atoms with Crippen molar-refractivity contribution in [1.29, 1.82) is 0 Å². The predicted octanol–water partition coefficient (Wildman–Crippen LogP) is 2.25. The average Bonchev–Trinajstić information content (AvgIpc) is 2.16. The number of carboxylic acids is 1. The van der Waals surface area contributed by atoms with E-state index in [1.165, 1.54) is 18.2 Å². The van der Waals surface area contributed by atoms with Crippen molar-refractivity contribution in [3.05, 3.63) is 40.9 Å². The Hall–Kier alpha value is -1.61. The number of halogens is 1. The number of hydrogen-bond donors (Lipinski definition) is 1. The van der Waals surface area contributed by atoms with Gasteiger partial charge in [-0.2, -0.15) is 0 Å². The molecule has 0 unspecified atom stereocenters. The highest BCUT2D eigenvalue weighted by atomic mass is 35.5. The molecule has 14 heavy (non-hydrogen) atoms. The van der Waals surface area contributed by atoms with Crippen molar-refractivity contribution < 1.29 is 14.7 Å². The molecule has 1 rings (SSSR count). The predicted molar refractivity (Wildman–Crippen MR) is 53.5 cm³/mol. The van der Waals surface area contributed by atoms with Gasteiger partial charge in [0.2, 0.25) is 0 Å². The molecule has 0 saturated carbocycles. The molecule has 0 saturated heterocycles. The van der Waals surface area contributed by atoms with Gasteiger partial charge in [0.25, 0.3) is 0 Å². The Morgan fingerprint density at radius 3 is 2.57 bits per heavy atom. The van der Waals surface area contributed by atoms with Gasteiger partial charge < -0.3 is 5.11 Å². The summed E-state index contributed by atoms with van der Waals surface area (Å²) in [6.45, 7) is 3.37. The lowest BCUT2D eigenvalue weighted by Gasteiger charge is -2.02. The van der Waals surface area contributed by atoms with Crippen LogP contribution in [0.5, 0.6) is 0 Å². The summed E-state index contributed by atoms with van der Waals surface area (Å²) in [4.78, 5) is 21.0. The van der Waals surface area contributed by atoms with Crippen molar-refractivity contribution >= 4 is 29.4 Å². The number of aldehydes is 1. The molecule has 1 N–H and O–H groups in total. The zero-order chi connectivity index (χ0) is 10.7. The van der Waals surface area contributed by atoms with Gasteiger partial charge in [0.05, 0.1) is 10.6 Å². The fraction of sp³-hybridized carbons (Fsp3) is 0. The Morgan fingerprint density at radius 2 is 2.14 bits per heavy atom. The van der Waals surface area contributed by atoms with Crippen LogP contribution in [0.3, 0.4) is 0 Å². The van der Waals surface area contributed by atoms with Crippen molar-refractivity contribution in [2.45, 2.75) is 0 Å². The van der Waals surface area contributed by atoms with Crippen LogP contribution in [0.1, 0.15) is 15.9 Å². The Balaban J connectivity index is 3.15. The highest BCUT2D eigenvalue weighted by Gasteiger charge is 2.08. The summed E-state index contributed by atoms with van der Waals surface area (Å²) >= 11 is 5.71. The zero-order valence-electron chi connectivity index (χ0n) is 7.16. The van der Waals surface area contributed by atoms with Gasteiger partial charge in [-0.1, -0.05) is 24.2 Å². The maximum atomic E-state index is 10.6. The third kappa shape index (κ3) is 2.00. The lowest BCUT2D eigenvalue weighted by molar-refractivity contribution is -0.130. The van der Waals surface area contributed by atoms with Crippen LogP contribution in [0.25, 0.3) is 5.57 Å². The standard InChI is InChI=1S/C10H7ClO3/c1-6(10(13)14)7-2-3-8(5-12)9(11)4-7/h2-5H,1H2,(H,13,14). The fourth-order valence-electron chi connectivity index (χ4n) is 0.934. The van der Waals surface area contributed by atoms with Crippen molar-refractivity contribution in [3.8, 4) is 0 Å². The minimum absolute atomic E-state index is 0.0515. The monoisotopic (exact) mass is 210 g/mol. The molecule has 72 valence electrons. The van der Waals surface area contributed by atoms with Crippen molar-refractivity contribution in [2.75, 3.05) is 0 Å². The number of aliphatic carboxylic acids is 1. The molecule has 3 nitrogen and oxygen atoms in total. The van der Waals surface area contributed by atoms with E-state index in [9.17, 15) is 9.59 Å². The number of carbonyl (C=O) groups is 2. The van der Waals surface area contributed by atoms with E-state index in [0.29, 0.717) is 17.4 Å². The molecule has 0 aliphatic rings. The second-order valence-electron chi connectivity index (χ2n) is 2.64. The number of carboxylic acid groups (broad SMARTS) is 1. The normalized spacial score (nSPS) is 9.50. The van der Waals surface area contributed by atoms with Gasteiger partial charge >= 0.3 is 5.97 Å². The summed E-state index contributed by atoms with van der Waals surface area (Å²) in [5.74, 6) is -1.11. The van der Waals surface area contributed by atoms with E-state index in [-0.39, 0.29) is 10.6 Å². The molecule has 4 heteroatoms. The SMILES string of the molecule is C=C(C(=O)O)c1ccc(C=O)c(Cl)c1. The summed E-state index contributed by atoms with van der Waals surface area (Å²) < 4.78 is 0. The van der Waals surface area contributed by atoms with Crippen molar-refractivity contribution in [1.82, 2.24) is 0 Å². The molecular weight excluding hydrogens is 204 g/mol. The van der Waals surface area contributed by atoms with Crippen LogP contribution in [0.4, 0.5) is 0 Å². The summed E-state index contributed by atoms with van der Waals surface area (Å²) in [7, 11) is 0. The van der Waals surface area contributed by atoms with E-state index in [2.05, 4.69) is 6.58 Å². The third-order valence-corrected chi connectivity index (χ3v) is 2.06. The zero-order valence-corrected chi connectivity index (χ0v) is 7.91. The fourth-order valence-corrected chi connectivity index (χ4v) is 1.16. The van der Waals surface area contributed by atoms with Crippen LogP contribution >= 0.6 is 11.6 Å². The first-order valence-electron chi connectivity index (χ1n) is 3.73. The molecule has 0 aliphatic heterocycles. The van der Waals surface area contributed by atoms with E-state index < -0.39 is 5.97 Å². The molecular formula is C10H7ClO3. The molecule has 0 spiro atoms. The number of benzene rings is 1. The van der Waals surface area contributed by atoms with Crippen LogP contribution in [0.15, 0.2) is 24.8 Å². The van der Waals surface area contributed by atoms with Crippen LogP contribution in [0, 0.1) is 0 Å². The van der Waals surface area contributed by atoms with E-state index in [1.54, 1.807) is 0 Å². The van der Waals surface area contributed by atoms with Gasteiger partial charge in [-0.3, -0.25) is 4.79 Å². The van der Waals surface area contributed by atoms with Gasteiger partial charge in [-0.05, 0) is 17.7 Å². The Labute approximate surface area is 85.6 Å². The first-order chi connectivity index (χ1) is 6.56. The first kappa shape index (κ1) is 10.5. The maximum Gasteiger partial charge on any atom is 0.335 e. The second-order valence-corrected chi connectivity index (χ2v) is 3.05. The summed E-state index contributed by atoms with van der Waals surface area (Å²) in [6.07, 6.45) is 0.607. The van der Waals surface area contributed by atoms with Gasteiger partial charge in [-0.15, -0.1) is 0 Å². The molecule has 0 amide bonds. The van der Waals surface area contributed by atoms with Gasteiger partial charge in [0.15, 0.2) is 6.29 Å². The van der Waals surface area contributed by atoms with E-state index in [4.69, 9.17) is 16.7 Å². The molecule has 0 fully saturated rings. The van der Waals surface area contributed by atoms with Crippen molar-refractivity contribution in [2.24, 2.45) is 0 Å². The summed E-state index contributed by atoms with van der Waals surface area (Å²) in [5.41, 5.74) is 0.672. The second kappa shape index (κ2) is 4.07. The summed E-state index contributed by atoms with van der Waals surface area (Å²) in [6, 6.07) is 4.35. The molecule has 0 radical (unpaired) electrons. The van der Waals surface area contributed by atoms with Gasteiger partial charge in [-0.25, -0.2) is 4.79 Å². The first-order valence-corrected chi connectivity index (χ1v) is 4.11. The average molecular weight is 211 g/mol. The van der Waals surface area contributed by atoms with E-state index in [0.717, 1.165) is 0 Å². The van der Waals surface area contributed by atoms with E-state index >= 15 is 0 Å². The Kier molecular flexibility index (Phi) is 3.04. The quantitative estimate of drug-likeness (QED) is 0.615. The Morgan fingerprint density at radius 1 is 1.50 bits per heavy atom. The Bertz CT molecular complexity index is 410. The minimum atomic E-state index is -1.11. The van der Waals surface area contributed by atoms with Crippen LogP contribution in [-0.4, -0.2) is 17.4 Å². The topological polar surface area (TPSA) is 54.4 Å². The summed E-state index contributed by atoms with van der Waals surface area (Å²) in [5, 5.41) is 8.86. The van der Waals surface area contributed by atoms with Crippen LogP contribution in [-0.2, 0) is 4.79 Å². The molecule has 0 bridgehead atoms. The molecule has 0 heterocycles. The van der Waals surface area contributed by atoms with Crippen molar-refractivity contribution in [3.63, 3.8) is 0 Å². The number of carbonyl (C=O) groups excluding carboxylic acids is 1. The van der Waals surface area contributed by atoms with Gasteiger partial charge in [0, 0.05) is 5.56 Å². The molecule has 0 atom stereocenters. The number of rotatable bonds is 3.